The molecule has 0 aromatic carbocycles. The molecule has 45 valence electrons. The number of rotatable bonds is 1. The topological polar surface area (TPSA) is 47.6 Å². The first kappa shape index (κ1) is 10.5. The molecule has 0 saturated carbocycles. The molecular formula is C2CuFe2N2. The molecule has 0 aliphatic rings. The van der Waals surface area contributed by atoms with Gasteiger partial charge in [-0.3, -0.25) is 0 Å². The summed E-state index contributed by atoms with van der Waals surface area (Å²) in [5, 5.41) is 15.6. The van der Waals surface area contributed by atoms with Crippen LogP contribution in [0.4, 0.5) is 0 Å². The Kier molecular flexibility index (Phi) is 14.6. The fraction of sp³-hybridized carbons (Fsp3) is 0. The van der Waals surface area contributed by atoms with E-state index in [0.29, 0.717) is 26.3 Å². The van der Waals surface area contributed by atoms with Crippen molar-refractivity contribution in [1.82, 2.24) is 0 Å². The van der Waals surface area contributed by atoms with Crippen molar-refractivity contribution in [3.8, 4) is 9.94 Å². The van der Waals surface area contributed by atoms with Crippen LogP contribution in [-0.2, 0) is 43.3 Å². The third-order valence-electron chi connectivity index (χ3n) is 0.0872. The van der Waals surface area contributed by atoms with Crippen molar-refractivity contribution >= 4 is 0 Å². The van der Waals surface area contributed by atoms with Crippen molar-refractivity contribution in [3.05, 3.63) is 0 Å². The van der Waals surface area contributed by atoms with E-state index in [0.717, 1.165) is 0 Å². The van der Waals surface area contributed by atoms with Gasteiger partial charge < -0.3 is 0 Å². The Bertz CT molecular complexity index is 87.2. The summed E-state index contributed by atoms with van der Waals surface area (Å²) in [6, 6.07) is 0. The molecule has 0 bridgehead atoms. The molecule has 2 nitrogen and oxygen atoms in total. The van der Waals surface area contributed by atoms with Crippen molar-refractivity contribution in [3.63, 3.8) is 0 Å². The van der Waals surface area contributed by atoms with Crippen LogP contribution < -0.4 is 0 Å². The quantitative estimate of drug-likeness (QED) is 0.468. The summed E-state index contributed by atoms with van der Waals surface area (Å²) in [6.07, 6.45) is 0. The Morgan fingerprint density at radius 3 is 1.43 bits per heavy atom. The molecule has 0 aliphatic carbocycles. The van der Waals surface area contributed by atoms with Crippen molar-refractivity contribution < 1.29 is 43.3 Å². The molecule has 0 amide bonds. The monoisotopic (exact) mass is 227 g/mol. The van der Waals surface area contributed by atoms with Crippen molar-refractivity contribution in [2.45, 2.75) is 0 Å². The molecule has 0 fully saturated rings. The second-order valence-electron chi connectivity index (χ2n) is 0.283. The van der Waals surface area contributed by atoms with Gasteiger partial charge in [0.1, 0.15) is 0 Å². The molecule has 0 saturated heterocycles. The molecule has 5 heteroatoms. The molecular weight excluding hydrogens is 227 g/mol. The summed E-state index contributed by atoms with van der Waals surface area (Å²) in [5.41, 5.74) is 0. The van der Waals surface area contributed by atoms with E-state index in [1.54, 1.807) is 0 Å². The normalized spacial score (nSPS) is 6.00. The Labute approximate surface area is 63.6 Å². The van der Waals surface area contributed by atoms with E-state index in [1.807, 2.05) is 9.94 Å². The third-order valence-corrected chi connectivity index (χ3v) is 1.48. The standard InChI is InChI=1S/2CN.Cu.2Fe/c2*1-2;;;. The maximum atomic E-state index is 7.80. The summed E-state index contributed by atoms with van der Waals surface area (Å²) >= 11 is 0.715. The molecule has 1 radical (unpaired) electrons. The van der Waals surface area contributed by atoms with Gasteiger partial charge in [0.25, 0.3) is 0 Å². The van der Waals surface area contributed by atoms with Gasteiger partial charge in [-0.1, -0.05) is 0 Å². The van der Waals surface area contributed by atoms with Crippen LogP contribution in [0.1, 0.15) is 0 Å². The van der Waals surface area contributed by atoms with Crippen LogP contribution in [0, 0.1) is 20.5 Å². The number of nitriles is 2. The first-order chi connectivity index (χ1) is 2.91. The molecule has 0 aromatic heterocycles. The molecule has 0 N–H and O–H groups in total. The average molecular weight is 227 g/mol. The van der Waals surface area contributed by atoms with Crippen LogP contribution in [0.25, 0.3) is 0 Å². The Morgan fingerprint density at radius 2 is 1.29 bits per heavy atom. The summed E-state index contributed by atoms with van der Waals surface area (Å²) in [5.74, 6) is 0. The number of nitrogens with zero attached hydrogens (tertiary/aromatic N) is 2. The van der Waals surface area contributed by atoms with E-state index in [1.165, 1.54) is 0 Å². The summed E-state index contributed by atoms with van der Waals surface area (Å²) < 4.78 is 0. The molecule has 0 spiro atoms. The maximum Gasteiger partial charge on any atom is 0 e. The number of hydrogen-bond donors (Lipinski definition) is 0. The second kappa shape index (κ2) is 9.74. The molecule has 0 aromatic rings. The summed E-state index contributed by atoms with van der Waals surface area (Å²) in [6.45, 7) is 0. The molecule has 0 aliphatic heterocycles. The zero-order valence-electron chi connectivity index (χ0n) is 2.90. The average Bonchev–Trinajstić information content (AvgIpc) is 1.61. The van der Waals surface area contributed by atoms with E-state index in [9.17, 15) is 0 Å². The predicted molar refractivity (Wildman–Crippen MR) is 11.2 cm³/mol. The summed E-state index contributed by atoms with van der Waals surface area (Å²) in [4.78, 5) is 3.69. The van der Waals surface area contributed by atoms with Gasteiger partial charge >= 0.3 is 46.7 Å². The first-order valence-corrected chi connectivity index (χ1v) is 4.03. The molecule has 0 atom stereocenters. The molecule has 0 heterocycles. The van der Waals surface area contributed by atoms with Gasteiger partial charge in [-0.25, -0.2) is 0 Å². The zero-order valence-corrected chi connectivity index (χ0v) is 6.05. The number of hydrogen-bond acceptors (Lipinski definition) is 2. The van der Waals surface area contributed by atoms with Crippen LogP contribution in [0.3, 0.4) is 0 Å². The largest absolute Gasteiger partial charge is 0 e. The van der Waals surface area contributed by atoms with Gasteiger partial charge in [0.05, 0.1) is 0 Å². The van der Waals surface area contributed by atoms with Crippen molar-refractivity contribution in [2.24, 2.45) is 0 Å². The van der Waals surface area contributed by atoms with Crippen molar-refractivity contribution in [1.29, 1.82) is 10.5 Å². The minimum absolute atomic E-state index is 0. The smallest absolute Gasteiger partial charge is 0 e. The Hall–Kier alpha value is 0.538. The molecule has 0 unspecified atom stereocenters. The van der Waals surface area contributed by atoms with Gasteiger partial charge in [0.15, 0.2) is 0 Å². The Morgan fingerprint density at radius 1 is 1.00 bits per heavy atom. The van der Waals surface area contributed by atoms with Crippen molar-refractivity contribution in [2.75, 3.05) is 0 Å². The van der Waals surface area contributed by atoms with Crippen LogP contribution in [-0.4, -0.2) is 0 Å². The van der Waals surface area contributed by atoms with Crippen LogP contribution in [0.15, 0.2) is 0 Å². The van der Waals surface area contributed by atoms with Gasteiger partial charge in [0, 0.05) is 17.1 Å². The fourth-order valence-corrected chi connectivity index (χ4v) is 0.475. The van der Waals surface area contributed by atoms with E-state index in [-0.39, 0.29) is 17.1 Å². The predicted octanol–water partition coefficient (Wildman–Crippen LogP) is 0.0261. The van der Waals surface area contributed by atoms with E-state index < -0.39 is 0 Å². The SMILES string of the molecule is N#[C][Fe][Fe][C]#N.[Cu]. The molecule has 0 rings (SSSR count). The fourth-order valence-electron chi connectivity index (χ4n) is 0.0280. The van der Waals surface area contributed by atoms with E-state index >= 15 is 0 Å². The zero-order chi connectivity index (χ0) is 4.83. The summed E-state index contributed by atoms with van der Waals surface area (Å²) in [7, 11) is 0. The Balaban J connectivity index is 0. The second-order valence-corrected chi connectivity index (χ2v) is 2.78. The first-order valence-electron chi connectivity index (χ1n) is 0.926. The van der Waals surface area contributed by atoms with E-state index in [4.69, 9.17) is 10.5 Å². The van der Waals surface area contributed by atoms with Gasteiger partial charge in [-0.05, 0) is 0 Å². The van der Waals surface area contributed by atoms with Gasteiger partial charge in [-0.15, -0.1) is 0 Å². The molecule has 7 heavy (non-hydrogen) atoms. The minimum atomic E-state index is 0. The van der Waals surface area contributed by atoms with Crippen LogP contribution >= 0.6 is 0 Å². The van der Waals surface area contributed by atoms with Crippen LogP contribution in [0.5, 0.6) is 0 Å². The van der Waals surface area contributed by atoms with Gasteiger partial charge in [0.2, 0.25) is 0 Å². The van der Waals surface area contributed by atoms with E-state index in [2.05, 4.69) is 0 Å². The third kappa shape index (κ3) is 10.8. The van der Waals surface area contributed by atoms with Crippen LogP contribution in [0.2, 0.25) is 0 Å². The maximum absolute atomic E-state index is 7.80. The minimum Gasteiger partial charge on any atom is 0 e. The van der Waals surface area contributed by atoms with Gasteiger partial charge in [-0.2, -0.15) is 0 Å².